The summed E-state index contributed by atoms with van der Waals surface area (Å²) in [6.07, 6.45) is 3.45. The molecule has 1 N–H and O–H groups in total. The maximum Gasteiger partial charge on any atom is 0.257 e. The number of nitrogens with one attached hydrogen (secondary N) is 1. The van der Waals surface area contributed by atoms with Crippen LogP contribution in [0.3, 0.4) is 0 Å². The Labute approximate surface area is 173 Å². The summed E-state index contributed by atoms with van der Waals surface area (Å²) in [6, 6.07) is 17.0. The van der Waals surface area contributed by atoms with E-state index in [-0.39, 0.29) is 5.91 Å². The van der Waals surface area contributed by atoms with Crippen LogP contribution >= 0.6 is 11.3 Å². The van der Waals surface area contributed by atoms with Crippen molar-refractivity contribution in [1.29, 1.82) is 5.26 Å². The highest BCUT2D eigenvalue weighted by molar-refractivity contribution is 7.15. The highest BCUT2D eigenvalue weighted by atomic mass is 32.1. The minimum atomic E-state index is -0.183. The number of benzene rings is 2. The van der Waals surface area contributed by atoms with Gasteiger partial charge in [-0.15, -0.1) is 11.3 Å². The lowest BCUT2D eigenvalue weighted by molar-refractivity contribution is 0.102. The smallest absolute Gasteiger partial charge is 0.257 e. The predicted molar refractivity (Wildman–Crippen MR) is 116 cm³/mol. The van der Waals surface area contributed by atoms with Gasteiger partial charge in [-0.05, 0) is 48.9 Å². The average molecular weight is 401 g/mol. The molecule has 1 aliphatic rings. The van der Waals surface area contributed by atoms with E-state index in [0.29, 0.717) is 22.7 Å². The maximum absolute atomic E-state index is 12.5. The lowest BCUT2D eigenvalue weighted by Gasteiger charge is -2.13. The summed E-state index contributed by atoms with van der Waals surface area (Å²) in [6.45, 7) is 2.89. The van der Waals surface area contributed by atoms with Crippen LogP contribution in [0.25, 0.3) is 0 Å². The van der Waals surface area contributed by atoms with Crippen molar-refractivity contribution in [3.63, 3.8) is 0 Å². The second kappa shape index (κ2) is 8.25. The zero-order valence-electron chi connectivity index (χ0n) is 15.9. The molecule has 1 amide bonds. The summed E-state index contributed by atoms with van der Waals surface area (Å²) in [4.78, 5) is 17.9. The SMILES string of the molecule is CC1=NN(c2ccc(C(=O)Nc3ncc(Cc4ccc(C#N)cc4)s3)cc2)CC1. The number of carbonyl (C=O) groups is 1. The van der Waals surface area contributed by atoms with Gasteiger partial charge in [0, 0.05) is 41.7 Å². The molecule has 0 saturated carbocycles. The molecule has 0 aliphatic carbocycles. The summed E-state index contributed by atoms with van der Waals surface area (Å²) < 4.78 is 0. The topological polar surface area (TPSA) is 81.4 Å². The van der Waals surface area contributed by atoms with Gasteiger partial charge in [0.2, 0.25) is 0 Å². The normalized spacial score (nSPS) is 13.1. The molecule has 0 unspecified atom stereocenters. The van der Waals surface area contributed by atoms with Crippen LogP contribution in [-0.4, -0.2) is 23.1 Å². The highest BCUT2D eigenvalue weighted by Gasteiger charge is 2.14. The fourth-order valence-corrected chi connectivity index (χ4v) is 3.90. The lowest BCUT2D eigenvalue weighted by atomic mass is 10.1. The lowest BCUT2D eigenvalue weighted by Crippen LogP contribution is -2.14. The molecule has 144 valence electrons. The molecule has 0 radical (unpaired) electrons. The van der Waals surface area contributed by atoms with Gasteiger partial charge < -0.3 is 0 Å². The number of nitrogens with zero attached hydrogens (tertiary/aromatic N) is 4. The number of hydrogen-bond acceptors (Lipinski definition) is 6. The van der Waals surface area contributed by atoms with Crippen molar-refractivity contribution in [2.75, 3.05) is 16.9 Å². The second-order valence-corrected chi connectivity index (χ2v) is 7.94. The van der Waals surface area contributed by atoms with Crippen molar-refractivity contribution in [2.45, 2.75) is 19.8 Å². The van der Waals surface area contributed by atoms with Crippen LogP contribution in [0, 0.1) is 11.3 Å². The van der Waals surface area contributed by atoms with Crippen LogP contribution < -0.4 is 10.3 Å². The van der Waals surface area contributed by atoms with E-state index >= 15 is 0 Å². The quantitative estimate of drug-likeness (QED) is 0.685. The Morgan fingerprint density at radius 1 is 1.21 bits per heavy atom. The van der Waals surface area contributed by atoms with E-state index in [4.69, 9.17) is 5.26 Å². The number of thiazole rings is 1. The van der Waals surface area contributed by atoms with Gasteiger partial charge >= 0.3 is 0 Å². The maximum atomic E-state index is 12.5. The molecule has 1 aliphatic heterocycles. The van der Waals surface area contributed by atoms with Crippen LogP contribution in [0.4, 0.5) is 10.8 Å². The third-order valence-corrected chi connectivity index (χ3v) is 5.55. The van der Waals surface area contributed by atoms with Crippen LogP contribution in [0.2, 0.25) is 0 Å². The molecular weight excluding hydrogens is 382 g/mol. The molecule has 7 heteroatoms. The first-order chi connectivity index (χ1) is 14.1. The first kappa shape index (κ1) is 18.8. The zero-order valence-corrected chi connectivity index (χ0v) is 16.7. The van der Waals surface area contributed by atoms with E-state index in [1.165, 1.54) is 11.3 Å². The van der Waals surface area contributed by atoms with E-state index in [9.17, 15) is 4.79 Å². The summed E-state index contributed by atoms with van der Waals surface area (Å²) in [5.74, 6) is -0.183. The number of nitriles is 1. The Balaban J connectivity index is 1.38. The van der Waals surface area contributed by atoms with Crippen molar-refractivity contribution >= 4 is 33.8 Å². The Kier molecular flexibility index (Phi) is 5.36. The highest BCUT2D eigenvalue weighted by Crippen LogP contribution is 2.23. The van der Waals surface area contributed by atoms with Crippen LogP contribution in [0.1, 0.15) is 39.7 Å². The molecule has 0 bridgehead atoms. The van der Waals surface area contributed by atoms with Gasteiger partial charge in [0.05, 0.1) is 17.3 Å². The largest absolute Gasteiger partial charge is 0.298 e. The van der Waals surface area contributed by atoms with Crippen molar-refractivity contribution in [3.05, 3.63) is 76.3 Å². The molecule has 0 saturated heterocycles. The Morgan fingerprint density at radius 2 is 1.97 bits per heavy atom. The molecule has 29 heavy (non-hydrogen) atoms. The fourth-order valence-electron chi connectivity index (χ4n) is 3.06. The number of anilines is 2. The third kappa shape index (κ3) is 4.50. The van der Waals surface area contributed by atoms with Crippen molar-refractivity contribution in [1.82, 2.24) is 4.98 Å². The van der Waals surface area contributed by atoms with Crippen molar-refractivity contribution < 1.29 is 4.79 Å². The summed E-state index contributed by atoms with van der Waals surface area (Å²) in [5.41, 5.74) is 4.42. The Morgan fingerprint density at radius 3 is 2.62 bits per heavy atom. The minimum absolute atomic E-state index is 0.183. The average Bonchev–Trinajstić information content (AvgIpc) is 3.37. The van der Waals surface area contributed by atoms with Crippen molar-refractivity contribution in [3.8, 4) is 6.07 Å². The molecule has 4 rings (SSSR count). The van der Waals surface area contributed by atoms with E-state index < -0.39 is 0 Å². The van der Waals surface area contributed by atoms with E-state index in [1.807, 2.05) is 36.2 Å². The summed E-state index contributed by atoms with van der Waals surface area (Å²) in [5, 5.41) is 18.7. The molecule has 6 nitrogen and oxygen atoms in total. The van der Waals surface area contributed by atoms with Crippen molar-refractivity contribution in [2.24, 2.45) is 5.10 Å². The van der Waals surface area contributed by atoms with Gasteiger partial charge in [0.1, 0.15) is 0 Å². The van der Waals surface area contributed by atoms with Crippen LogP contribution in [0.5, 0.6) is 0 Å². The third-order valence-electron chi connectivity index (χ3n) is 4.64. The summed E-state index contributed by atoms with van der Waals surface area (Å²) >= 11 is 1.45. The van der Waals surface area contributed by atoms with Gasteiger partial charge in [0.15, 0.2) is 5.13 Å². The zero-order chi connectivity index (χ0) is 20.2. The molecule has 1 aromatic heterocycles. The van der Waals surface area contributed by atoms with Gasteiger partial charge in [-0.1, -0.05) is 12.1 Å². The first-order valence-electron chi connectivity index (χ1n) is 9.27. The molecular formula is C22H19N5OS. The van der Waals surface area contributed by atoms with Gasteiger partial charge in [0.25, 0.3) is 5.91 Å². The first-order valence-corrected chi connectivity index (χ1v) is 10.1. The van der Waals surface area contributed by atoms with Crippen LogP contribution in [0.15, 0.2) is 59.8 Å². The number of hydrazone groups is 1. The molecule has 2 heterocycles. The number of amides is 1. The van der Waals surface area contributed by atoms with Gasteiger partial charge in [-0.3, -0.25) is 15.1 Å². The van der Waals surface area contributed by atoms with Gasteiger partial charge in [-0.2, -0.15) is 10.4 Å². The van der Waals surface area contributed by atoms with E-state index in [2.05, 4.69) is 21.5 Å². The van der Waals surface area contributed by atoms with Gasteiger partial charge in [-0.25, -0.2) is 4.98 Å². The number of rotatable bonds is 5. The van der Waals surface area contributed by atoms with Crippen LogP contribution in [-0.2, 0) is 6.42 Å². The Bertz CT molecular complexity index is 1090. The molecule has 3 aromatic rings. The van der Waals surface area contributed by atoms with E-state index in [0.717, 1.165) is 34.8 Å². The fraction of sp³-hybridized carbons (Fsp3) is 0.182. The van der Waals surface area contributed by atoms with E-state index in [1.54, 1.807) is 30.5 Å². The second-order valence-electron chi connectivity index (χ2n) is 6.83. The molecule has 2 aromatic carbocycles. The predicted octanol–water partition coefficient (Wildman–Crippen LogP) is 4.44. The number of carbonyl (C=O) groups excluding carboxylic acids is 1. The summed E-state index contributed by atoms with van der Waals surface area (Å²) in [7, 11) is 0. The molecule has 0 spiro atoms. The number of aromatic nitrogens is 1. The minimum Gasteiger partial charge on any atom is -0.298 e. The Hall–Kier alpha value is -3.50. The number of hydrogen-bond donors (Lipinski definition) is 1. The monoisotopic (exact) mass is 401 g/mol. The molecule has 0 atom stereocenters. The standard InChI is InChI=1S/C22H19N5OS/c1-15-10-11-27(26-15)19-8-6-18(7-9-19)21(28)25-22-24-14-20(29-22)12-16-2-4-17(13-23)5-3-16/h2-9,14H,10-12H2,1H3,(H,24,25,28). The molecule has 0 fully saturated rings.